The van der Waals surface area contributed by atoms with Crippen LogP contribution in [-0.2, 0) is 0 Å². The first kappa shape index (κ1) is 11.1. The van der Waals surface area contributed by atoms with Crippen molar-refractivity contribution in [2.24, 2.45) is 0 Å². The summed E-state index contributed by atoms with van der Waals surface area (Å²) in [7, 11) is 0. The molecule has 0 unspecified atom stereocenters. The van der Waals surface area contributed by atoms with Crippen LogP contribution in [0.4, 0.5) is 5.69 Å². The largest absolute Gasteiger partial charge is 0.508 e. The quantitative estimate of drug-likeness (QED) is 0.822. The molecule has 5 nitrogen and oxygen atoms in total. The van der Waals surface area contributed by atoms with Gasteiger partial charge in [-0.25, -0.2) is 0 Å². The maximum atomic E-state index is 11.7. The maximum Gasteiger partial charge on any atom is 0.257 e. The molecule has 1 heterocycles. The molecule has 0 aliphatic carbocycles. The number of phenolic OH excluding ortho intramolecular Hbond substituents is 1. The first-order chi connectivity index (χ1) is 8.16. The monoisotopic (exact) mass is 229 g/mol. The number of carbonyl (C=O) groups excluding carboxylic acids is 1. The van der Waals surface area contributed by atoms with E-state index in [0.29, 0.717) is 11.3 Å². The van der Waals surface area contributed by atoms with Crippen LogP contribution in [-0.4, -0.2) is 21.2 Å². The van der Waals surface area contributed by atoms with Gasteiger partial charge in [-0.1, -0.05) is 6.07 Å². The molecule has 0 aliphatic rings. The zero-order chi connectivity index (χ0) is 12.3. The van der Waals surface area contributed by atoms with Gasteiger partial charge in [-0.15, -0.1) is 0 Å². The molecule has 0 saturated carbocycles. The van der Waals surface area contributed by atoms with E-state index in [2.05, 4.69) is 15.5 Å². The summed E-state index contributed by atoms with van der Waals surface area (Å²) >= 11 is 0. The lowest BCUT2D eigenvalue weighted by Gasteiger charge is -2.06. The Balaban J connectivity index is 2.16. The molecule has 5 heteroatoms. The lowest BCUT2D eigenvalue weighted by molar-refractivity contribution is 0.102. The zero-order valence-electron chi connectivity index (χ0n) is 9.21. The number of anilines is 1. The van der Waals surface area contributed by atoms with E-state index in [0.717, 1.165) is 5.56 Å². The predicted octanol–water partition coefficient (Wildman–Crippen LogP) is 1.74. The lowest BCUT2D eigenvalue weighted by atomic mass is 10.2. The van der Waals surface area contributed by atoms with Gasteiger partial charge in [0, 0.05) is 11.8 Å². The summed E-state index contributed by atoms with van der Waals surface area (Å²) in [5, 5.41) is 19.4. The molecule has 2 rings (SSSR count). The zero-order valence-corrected chi connectivity index (χ0v) is 9.21. The van der Waals surface area contributed by atoms with Gasteiger partial charge >= 0.3 is 0 Å². The summed E-state index contributed by atoms with van der Waals surface area (Å²) in [6.07, 6.45) is 2.82. The van der Waals surface area contributed by atoms with Gasteiger partial charge in [0.05, 0.1) is 18.0 Å². The van der Waals surface area contributed by atoms with Gasteiger partial charge in [0.15, 0.2) is 0 Å². The second-order valence-electron chi connectivity index (χ2n) is 3.59. The number of amides is 1. The minimum absolute atomic E-state index is 0.149. The van der Waals surface area contributed by atoms with Gasteiger partial charge < -0.3 is 10.4 Å². The number of rotatable bonds is 2. The highest BCUT2D eigenvalue weighted by atomic mass is 16.3. The fourth-order valence-electron chi connectivity index (χ4n) is 1.32. The molecular weight excluding hydrogens is 218 g/mol. The molecule has 0 fully saturated rings. The molecule has 0 spiro atoms. The second-order valence-corrected chi connectivity index (χ2v) is 3.59. The maximum absolute atomic E-state index is 11.7. The van der Waals surface area contributed by atoms with Crippen molar-refractivity contribution in [2.75, 3.05) is 5.32 Å². The Morgan fingerprint density at radius 3 is 2.76 bits per heavy atom. The van der Waals surface area contributed by atoms with Crippen LogP contribution < -0.4 is 5.32 Å². The second kappa shape index (κ2) is 4.61. The van der Waals surface area contributed by atoms with Crippen LogP contribution in [0.1, 0.15) is 15.9 Å². The van der Waals surface area contributed by atoms with Crippen LogP contribution in [0.3, 0.4) is 0 Å². The molecule has 86 valence electrons. The Morgan fingerprint density at radius 2 is 2.12 bits per heavy atom. The summed E-state index contributed by atoms with van der Waals surface area (Å²) in [6, 6.07) is 6.52. The number of aryl methyl sites for hydroxylation is 1. The van der Waals surface area contributed by atoms with Crippen molar-refractivity contribution in [3.63, 3.8) is 0 Å². The summed E-state index contributed by atoms with van der Waals surface area (Å²) in [6.45, 7) is 1.79. The summed E-state index contributed by atoms with van der Waals surface area (Å²) in [5.74, 6) is -0.140. The summed E-state index contributed by atoms with van der Waals surface area (Å²) in [5.41, 5.74) is 1.71. The minimum atomic E-state index is -0.289. The third-order valence-corrected chi connectivity index (χ3v) is 2.31. The van der Waals surface area contributed by atoms with Gasteiger partial charge in [-0.05, 0) is 24.6 Å². The van der Waals surface area contributed by atoms with E-state index in [9.17, 15) is 9.90 Å². The van der Waals surface area contributed by atoms with E-state index in [1.807, 2.05) is 0 Å². The van der Waals surface area contributed by atoms with Crippen LogP contribution in [0, 0.1) is 6.92 Å². The fourth-order valence-corrected chi connectivity index (χ4v) is 1.32. The number of hydrogen-bond acceptors (Lipinski definition) is 4. The average Bonchev–Trinajstić information content (AvgIpc) is 2.35. The molecule has 0 aliphatic heterocycles. The number of benzene rings is 1. The molecule has 0 radical (unpaired) electrons. The van der Waals surface area contributed by atoms with E-state index in [-0.39, 0.29) is 11.7 Å². The molecule has 2 N–H and O–H groups in total. The average molecular weight is 229 g/mol. The van der Waals surface area contributed by atoms with Crippen LogP contribution in [0.2, 0.25) is 0 Å². The van der Waals surface area contributed by atoms with Gasteiger partial charge in [0.2, 0.25) is 0 Å². The van der Waals surface area contributed by atoms with Crippen molar-refractivity contribution < 1.29 is 9.90 Å². The highest BCUT2D eigenvalue weighted by molar-refractivity contribution is 6.04. The number of nitrogens with one attached hydrogen (secondary N) is 1. The van der Waals surface area contributed by atoms with Crippen molar-refractivity contribution in [1.29, 1.82) is 0 Å². The third kappa shape index (κ3) is 2.57. The summed E-state index contributed by atoms with van der Waals surface area (Å²) in [4.78, 5) is 11.7. The van der Waals surface area contributed by atoms with Crippen molar-refractivity contribution in [3.8, 4) is 5.75 Å². The predicted molar refractivity (Wildman–Crippen MR) is 62.8 cm³/mol. The van der Waals surface area contributed by atoms with Gasteiger partial charge in [0.1, 0.15) is 5.75 Å². The molecule has 2 aromatic rings. The first-order valence-corrected chi connectivity index (χ1v) is 5.04. The Morgan fingerprint density at radius 1 is 1.29 bits per heavy atom. The topological polar surface area (TPSA) is 75.1 Å². The van der Waals surface area contributed by atoms with E-state index >= 15 is 0 Å². The smallest absolute Gasteiger partial charge is 0.257 e. The Labute approximate surface area is 98.1 Å². The van der Waals surface area contributed by atoms with Crippen LogP contribution >= 0.6 is 0 Å². The standard InChI is InChI=1S/C12H11N3O2/c1-8-2-3-10(6-11(8)16)15-12(17)9-4-5-13-14-7-9/h2-7,16H,1H3,(H,15,17). The van der Waals surface area contributed by atoms with Crippen LogP contribution in [0.15, 0.2) is 36.7 Å². The Kier molecular flexibility index (Phi) is 3.00. The molecule has 1 amide bonds. The van der Waals surface area contributed by atoms with Gasteiger partial charge in [-0.3, -0.25) is 4.79 Å². The minimum Gasteiger partial charge on any atom is -0.508 e. The number of carbonyl (C=O) groups is 1. The molecule has 0 saturated heterocycles. The van der Waals surface area contributed by atoms with Crippen molar-refractivity contribution in [3.05, 3.63) is 47.8 Å². The third-order valence-electron chi connectivity index (χ3n) is 2.31. The number of hydrogen-bond donors (Lipinski definition) is 2. The SMILES string of the molecule is Cc1ccc(NC(=O)c2ccnnc2)cc1O. The van der Waals surface area contributed by atoms with Crippen molar-refractivity contribution in [2.45, 2.75) is 6.92 Å². The van der Waals surface area contributed by atoms with Gasteiger partial charge in [0.25, 0.3) is 5.91 Å². The highest BCUT2D eigenvalue weighted by Crippen LogP contribution is 2.21. The van der Waals surface area contributed by atoms with Crippen molar-refractivity contribution >= 4 is 11.6 Å². The number of nitrogens with zero attached hydrogens (tertiary/aromatic N) is 2. The van der Waals surface area contributed by atoms with Gasteiger partial charge in [-0.2, -0.15) is 10.2 Å². The number of aromatic nitrogens is 2. The lowest BCUT2D eigenvalue weighted by Crippen LogP contribution is -2.12. The Bertz CT molecular complexity index is 541. The molecule has 1 aromatic heterocycles. The molecule has 1 aromatic carbocycles. The Hall–Kier alpha value is -2.43. The van der Waals surface area contributed by atoms with E-state index < -0.39 is 0 Å². The van der Waals surface area contributed by atoms with Crippen LogP contribution in [0.25, 0.3) is 0 Å². The number of aromatic hydroxyl groups is 1. The van der Waals surface area contributed by atoms with E-state index in [1.165, 1.54) is 18.5 Å². The van der Waals surface area contributed by atoms with Crippen LogP contribution in [0.5, 0.6) is 5.75 Å². The fraction of sp³-hybridized carbons (Fsp3) is 0.0833. The highest BCUT2D eigenvalue weighted by Gasteiger charge is 2.06. The van der Waals surface area contributed by atoms with Crippen molar-refractivity contribution in [1.82, 2.24) is 10.2 Å². The molecule has 0 atom stereocenters. The van der Waals surface area contributed by atoms with E-state index in [4.69, 9.17) is 0 Å². The number of phenols is 1. The normalized spacial score (nSPS) is 9.94. The first-order valence-electron chi connectivity index (χ1n) is 5.04. The summed E-state index contributed by atoms with van der Waals surface area (Å²) < 4.78 is 0. The van der Waals surface area contributed by atoms with E-state index in [1.54, 1.807) is 25.1 Å². The molecule has 0 bridgehead atoms. The molecule has 17 heavy (non-hydrogen) atoms. The molecular formula is C12H11N3O2.